The number of ether oxygens (including phenoxy) is 1. The van der Waals surface area contributed by atoms with E-state index in [0.29, 0.717) is 28.5 Å². The summed E-state index contributed by atoms with van der Waals surface area (Å²) in [5.74, 6) is -0.552. The minimum atomic E-state index is -3.93. The summed E-state index contributed by atoms with van der Waals surface area (Å²) in [5.41, 5.74) is 1.77. The molecule has 3 aromatic rings. The second-order valence-electron chi connectivity index (χ2n) is 5.96. The van der Waals surface area contributed by atoms with Crippen LogP contribution in [0, 0.1) is 6.92 Å². The summed E-state index contributed by atoms with van der Waals surface area (Å²) in [6.07, 6.45) is 1.70. The number of hydrogen-bond acceptors (Lipinski definition) is 6. The van der Waals surface area contributed by atoms with Crippen LogP contribution >= 0.6 is 0 Å². The maximum Gasteiger partial charge on any atom is 0.274 e. The lowest BCUT2D eigenvalue weighted by Crippen LogP contribution is -2.28. The van der Waals surface area contributed by atoms with Gasteiger partial charge in [0.25, 0.3) is 15.9 Å². The number of fused-ring (bicyclic) bond motifs is 1. The van der Waals surface area contributed by atoms with Gasteiger partial charge in [-0.15, -0.1) is 0 Å². The van der Waals surface area contributed by atoms with Gasteiger partial charge >= 0.3 is 0 Å². The average molecular weight is 402 g/mol. The molecule has 2 heterocycles. The number of nitrogens with one attached hydrogen (secondary N) is 2. The van der Waals surface area contributed by atoms with E-state index in [1.54, 1.807) is 29.7 Å². The standard InChI is InChI=1S/C18H18N4O5S/c1-11-16(22-10-4-5-15(27-3)17(22)19-11)18(24)20-13-6-8-14(9-7-13)28(25,26)21-12(2)23/h4-10H,1-3H3,(H,20,24)(H,21,23). The molecule has 0 bridgehead atoms. The number of benzene rings is 1. The molecule has 2 amide bonds. The molecule has 3 rings (SSSR count). The molecule has 0 fully saturated rings. The zero-order chi connectivity index (χ0) is 20.5. The van der Waals surface area contributed by atoms with Crippen molar-refractivity contribution in [1.29, 1.82) is 0 Å². The zero-order valence-corrected chi connectivity index (χ0v) is 16.2. The van der Waals surface area contributed by atoms with Crippen molar-refractivity contribution in [2.45, 2.75) is 18.7 Å². The van der Waals surface area contributed by atoms with Gasteiger partial charge in [-0.3, -0.25) is 14.0 Å². The van der Waals surface area contributed by atoms with E-state index in [4.69, 9.17) is 4.74 Å². The molecular formula is C18H18N4O5S. The fourth-order valence-corrected chi connectivity index (χ4v) is 3.74. The van der Waals surface area contributed by atoms with E-state index in [1.807, 2.05) is 4.72 Å². The molecule has 0 spiro atoms. The van der Waals surface area contributed by atoms with Crippen molar-refractivity contribution in [1.82, 2.24) is 14.1 Å². The number of rotatable bonds is 5. The van der Waals surface area contributed by atoms with Gasteiger partial charge in [-0.1, -0.05) is 0 Å². The Balaban J connectivity index is 1.87. The number of carbonyl (C=O) groups excluding carboxylic acids is 2. The van der Waals surface area contributed by atoms with E-state index >= 15 is 0 Å². The maximum absolute atomic E-state index is 12.7. The Morgan fingerprint density at radius 3 is 2.43 bits per heavy atom. The van der Waals surface area contributed by atoms with Crippen LogP contribution in [-0.2, 0) is 14.8 Å². The van der Waals surface area contributed by atoms with Crippen LogP contribution in [0.4, 0.5) is 5.69 Å². The average Bonchev–Trinajstić information content (AvgIpc) is 2.97. The van der Waals surface area contributed by atoms with Gasteiger partial charge in [0.05, 0.1) is 17.7 Å². The number of aryl methyl sites for hydroxylation is 1. The van der Waals surface area contributed by atoms with E-state index in [0.717, 1.165) is 6.92 Å². The normalized spacial score (nSPS) is 11.2. The van der Waals surface area contributed by atoms with E-state index in [9.17, 15) is 18.0 Å². The molecule has 0 saturated heterocycles. The minimum Gasteiger partial charge on any atom is -0.493 e. The van der Waals surface area contributed by atoms with Crippen LogP contribution in [0.2, 0.25) is 0 Å². The molecule has 0 atom stereocenters. The van der Waals surface area contributed by atoms with Crippen molar-refractivity contribution in [2.75, 3.05) is 12.4 Å². The Hall–Kier alpha value is -3.40. The highest BCUT2D eigenvalue weighted by Gasteiger charge is 2.19. The van der Waals surface area contributed by atoms with Crippen molar-refractivity contribution >= 4 is 33.2 Å². The number of methoxy groups -OCH3 is 1. The molecule has 0 aliphatic carbocycles. The number of aromatic nitrogens is 2. The Labute approximate surface area is 161 Å². The SMILES string of the molecule is COc1cccn2c(C(=O)Nc3ccc(S(=O)(=O)NC(C)=O)cc3)c(C)nc12. The van der Waals surface area contributed by atoms with Crippen LogP contribution in [0.5, 0.6) is 5.75 Å². The first-order valence-electron chi connectivity index (χ1n) is 8.19. The minimum absolute atomic E-state index is 0.0866. The summed E-state index contributed by atoms with van der Waals surface area (Å²) < 4.78 is 32.7. The zero-order valence-electron chi connectivity index (χ0n) is 15.4. The fraction of sp³-hybridized carbons (Fsp3) is 0.167. The highest BCUT2D eigenvalue weighted by molar-refractivity contribution is 7.90. The second kappa shape index (κ2) is 7.31. The summed E-state index contributed by atoms with van der Waals surface area (Å²) in [7, 11) is -2.41. The third-order valence-corrected chi connectivity index (χ3v) is 5.37. The summed E-state index contributed by atoms with van der Waals surface area (Å²) >= 11 is 0. The maximum atomic E-state index is 12.7. The lowest BCUT2D eigenvalue weighted by molar-refractivity contribution is -0.117. The van der Waals surface area contributed by atoms with E-state index < -0.39 is 21.8 Å². The van der Waals surface area contributed by atoms with Crippen LogP contribution < -0.4 is 14.8 Å². The Morgan fingerprint density at radius 1 is 1.14 bits per heavy atom. The monoisotopic (exact) mass is 402 g/mol. The first-order valence-corrected chi connectivity index (χ1v) is 9.67. The molecule has 0 radical (unpaired) electrons. The summed E-state index contributed by atoms with van der Waals surface area (Å²) in [6, 6.07) is 8.96. The number of sulfonamides is 1. The van der Waals surface area contributed by atoms with Crippen molar-refractivity contribution < 1.29 is 22.7 Å². The molecule has 0 aliphatic rings. The van der Waals surface area contributed by atoms with Gasteiger partial charge in [-0.2, -0.15) is 0 Å². The highest BCUT2D eigenvalue weighted by atomic mass is 32.2. The molecule has 10 heteroatoms. The van der Waals surface area contributed by atoms with E-state index in [1.165, 1.54) is 31.4 Å². The van der Waals surface area contributed by atoms with Gasteiger partial charge in [0.2, 0.25) is 5.91 Å². The molecule has 2 N–H and O–H groups in total. The number of imidazole rings is 1. The molecule has 0 aliphatic heterocycles. The lowest BCUT2D eigenvalue weighted by Gasteiger charge is -2.08. The van der Waals surface area contributed by atoms with E-state index in [-0.39, 0.29) is 4.90 Å². The van der Waals surface area contributed by atoms with E-state index in [2.05, 4.69) is 10.3 Å². The fourth-order valence-electron chi connectivity index (χ4n) is 2.74. The number of pyridine rings is 1. The first-order chi connectivity index (χ1) is 13.2. The summed E-state index contributed by atoms with van der Waals surface area (Å²) in [5, 5.41) is 2.71. The largest absolute Gasteiger partial charge is 0.493 e. The molecule has 2 aromatic heterocycles. The highest BCUT2D eigenvalue weighted by Crippen LogP contribution is 2.22. The number of amides is 2. The quantitative estimate of drug-likeness (QED) is 0.671. The number of hydrogen-bond donors (Lipinski definition) is 2. The third-order valence-electron chi connectivity index (χ3n) is 3.92. The molecule has 0 unspecified atom stereocenters. The van der Waals surface area contributed by atoms with Crippen molar-refractivity contribution in [3.63, 3.8) is 0 Å². The van der Waals surface area contributed by atoms with Gasteiger partial charge in [0.1, 0.15) is 5.69 Å². The number of carbonyl (C=O) groups is 2. The van der Waals surface area contributed by atoms with Crippen LogP contribution in [0.15, 0.2) is 47.5 Å². The third kappa shape index (κ3) is 3.67. The first kappa shape index (κ1) is 19.4. The predicted molar refractivity (Wildman–Crippen MR) is 102 cm³/mol. The predicted octanol–water partition coefficient (Wildman–Crippen LogP) is 1.73. The Morgan fingerprint density at radius 2 is 1.82 bits per heavy atom. The van der Waals surface area contributed by atoms with Crippen LogP contribution in [0.3, 0.4) is 0 Å². The molecule has 1 aromatic carbocycles. The Bertz CT molecular complexity index is 1170. The summed E-state index contributed by atoms with van der Waals surface area (Å²) in [4.78, 5) is 28.0. The second-order valence-corrected chi connectivity index (χ2v) is 7.64. The smallest absolute Gasteiger partial charge is 0.274 e. The molecule has 9 nitrogen and oxygen atoms in total. The lowest BCUT2D eigenvalue weighted by atomic mass is 10.3. The Kier molecular flexibility index (Phi) is 5.06. The van der Waals surface area contributed by atoms with Gasteiger partial charge < -0.3 is 10.1 Å². The number of nitrogens with zero attached hydrogens (tertiary/aromatic N) is 2. The van der Waals surface area contributed by atoms with Gasteiger partial charge in [-0.05, 0) is 43.3 Å². The molecular weight excluding hydrogens is 384 g/mol. The molecule has 28 heavy (non-hydrogen) atoms. The summed E-state index contributed by atoms with van der Waals surface area (Å²) in [6.45, 7) is 2.82. The van der Waals surface area contributed by atoms with Crippen molar-refractivity contribution in [2.24, 2.45) is 0 Å². The molecule has 146 valence electrons. The topological polar surface area (TPSA) is 119 Å². The molecule has 0 saturated carbocycles. The van der Waals surface area contributed by atoms with Crippen molar-refractivity contribution in [3.05, 3.63) is 54.0 Å². The van der Waals surface area contributed by atoms with Gasteiger partial charge in [-0.25, -0.2) is 18.1 Å². The van der Waals surface area contributed by atoms with Crippen LogP contribution in [-0.4, -0.2) is 36.7 Å². The van der Waals surface area contributed by atoms with Crippen LogP contribution in [0.25, 0.3) is 5.65 Å². The van der Waals surface area contributed by atoms with Gasteiger partial charge in [0, 0.05) is 18.8 Å². The van der Waals surface area contributed by atoms with Crippen molar-refractivity contribution in [3.8, 4) is 5.75 Å². The number of anilines is 1. The van der Waals surface area contributed by atoms with Gasteiger partial charge in [0.15, 0.2) is 11.4 Å². The van der Waals surface area contributed by atoms with Crippen LogP contribution in [0.1, 0.15) is 23.1 Å².